The fourth-order valence-electron chi connectivity index (χ4n) is 2.98. The lowest BCUT2D eigenvalue weighted by Crippen LogP contribution is -2.54. The summed E-state index contributed by atoms with van der Waals surface area (Å²) in [7, 11) is 0. The first-order valence-corrected chi connectivity index (χ1v) is 6.10. The minimum Gasteiger partial charge on any atom is -0.395 e. The molecule has 1 unspecified atom stereocenters. The summed E-state index contributed by atoms with van der Waals surface area (Å²) in [6.07, 6.45) is 1.52. The van der Waals surface area contributed by atoms with Gasteiger partial charge >= 0.3 is 0 Å². The number of nitrogens with one attached hydrogen (secondary N) is 1. The van der Waals surface area contributed by atoms with Crippen molar-refractivity contribution in [3.63, 3.8) is 0 Å². The second kappa shape index (κ2) is 4.39. The summed E-state index contributed by atoms with van der Waals surface area (Å²) in [5.74, 6) is -0.209. The van der Waals surface area contributed by atoms with E-state index < -0.39 is 5.41 Å². The summed E-state index contributed by atoms with van der Waals surface area (Å²) in [4.78, 5) is 0. The van der Waals surface area contributed by atoms with Gasteiger partial charge < -0.3 is 10.4 Å². The zero-order valence-corrected chi connectivity index (χ0v) is 10.5. The molecule has 0 aliphatic carbocycles. The van der Waals surface area contributed by atoms with Crippen LogP contribution in [-0.2, 0) is 5.41 Å². The molecule has 0 radical (unpaired) electrons. The van der Waals surface area contributed by atoms with E-state index in [1.165, 1.54) is 6.07 Å². The fraction of sp³-hybridized carbons (Fsp3) is 0.571. The van der Waals surface area contributed by atoms with Crippen LogP contribution in [-0.4, -0.2) is 23.8 Å². The normalized spacial score (nSPS) is 28.0. The highest BCUT2D eigenvalue weighted by Crippen LogP contribution is 2.39. The van der Waals surface area contributed by atoms with Crippen LogP contribution < -0.4 is 5.32 Å². The lowest BCUT2D eigenvalue weighted by Gasteiger charge is -2.45. The Kier molecular flexibility index (Phi) is 3.23. The van der Waals surface area contributed by atoms with Gasteiger partial charge in [-0.1, -0.05) is 18.2 Å². The highest BCUT2D eigenvalue weighted by Gasteiger charge is 2.42. The number of piperidine rings is 1. The third-order valence-corrected chi connectivity index (χ3v) is 3.74. The van der Waals surface area contributed by atoms with Gasteiger partial charge in [0.05, 0.1) is 6.61 Å². The first-order valence-electron chi connectivity index (χ1n) is 6.10. The molecule has 2 rings (SSSR count). The van der Waals surface area contributed by atoms with Crippen molar-refractivity contribution in [2.24, 2.45) is 0 Å². The van der Waals surface area contributed by atoms with Crippen LogP contribution in [0.4, 0.5) is 4.39 Å². The van der Waals surface area contributed by atoms with Crippen LogP contribution in [0, 0.1) is 5.82 Å². The van der Waals surface area contributed by atoms with Gasteiger partial charge in [-0.25, -0.2) is 4.39 Å². The molecule has 0 amide bonds. The van der Waals surface area contributed by atoms with Crippen LogP contribution >= 0.6 is 0 Å². The molecule has 3 heteroatoms. The molecule has 0 bridgehead atoms. The van der Waals surface area contributed by atoms with Crippen LogP contribution in [0.15, 0.2) is 24.3 Å². The molecule has 0 aromatic heterocycles. The van der Waals surface area contributed by atoms with E-state index in [1.54, 1.807) is 12.1 Å². The lowest BCUT2D eigenvalue weighted by molar-refractivity contribution is 0.109. The Morgan fingerprint density at radius 3 is 2.65 bits per heavy atom. The van der Waals surface area contributed by atoms with Gasteiger partial charge in [0, 0.05) is 11.0 Å². The second-order valence-electron chi connectivity index (χ2n) is 5.66. The molecule has 2 nitrogen and oxygen atoms in total. The van der Waals surface area contributed by atoms with Crippen LogP contribution in [0.5, 0.6) is 0 Å². The molecule has 1 saturated heterocycles. The molecule has 1 atom stereocenters. The molecular formula is C14H20FNO. The van der Waals surface area contributed by atoms with Crippen molar-refractivity contribution in [2.45, 2.75) is 37.6 Å². The standard InChI is InChI=1S/C14H20FNO/c1-13(2)9-14(10-17,7-8-16-13)11-5-3-4-6-12(11)15/h3-6,16-17H,7-10H2,1-2H3. The number of halogens is 1. The van der Waals surface area contributed by atoms with Crippen LogP contribution in [0.1, 0.15) is 32.3 Å². The Morgan fingerprint density at radius 1 is 1.35 bits per heavy atom. The van der Waals surface area contributed by atoms with Gasteiger partial charge in [-0.05, 0) is 44.9 Å². The van der Waals surface area contributed by atoms with Crippen molar-refractivity contribution < 1.29 is 9.50 Å². The maximum absolute atomic E-state index is 13.9. The molecule has 1 aliphatic rings. The SMILES string of the molecule is CC1(C)CC(CO)(c2ccccc2F)CCN1. The number of aliphatic hydroxyl groups is 1. The van der Waals surface area contributed by atoms with E-state index in [2.05, 4.69) is 19.2 Å². The van der Waals surface area contributed by atoms with Gasteiger partial charge in [-0.2, -0.15) is 0 Å². The molecule has 0 spiro atoms. The number of rotatable bonds is 2. The molecule has 1 aromatic rings. The van der Waals surface area contributed by atoms with Crippen molar-refractivity contribution >= 4 is 0 Å². The largest absolute Gasteiger partial charge is 0.395 e. The molecule has 94 valence electrons. The Bertz CT molecular complexity index is 405. The highest BCUT2D eigenvalue weighted by molar-refractivity contribution is 5.29. The molecule has 1 heterocycles. The Labute approximate surface area is 102 Å². The summed E-state index contributed by atoms with van der Waals surface area (Å²) >= 11 is 0. The molecule has 1 aromatic carbocycles. The van der Waals surface area contributed by atoms with E-state index in [1.807, 2.05) is 6.07 Å². The summed E-state index contributed by atoms with van der Waals surface area (Å²) < 4.78 is 13.9. The van der Waals surface area contributed by atoms with Gasteiger partial charge in [0.25, 0.3) is 0 Å². The summed E-state index contributed by atoms with van der Waals surface area (Å²) in [6, 6.07) is 6.80. The second-order valence-corrected chi connectivity index (χ2v) is 5.66. The van der Waals surface area contributed by atoms with Gasteiger partial charge in [0.15, 0.2) is 0 Å². The quantitative estimate of drug-likeness (QED) is 0.826. The zero-order valence-electron chi connectivity index (χ0n) is 10.5. The first-order chi connectivity index (χ1) is 7.99. The van der Waals surface area contributed by atoms with E-state index in [0.717, 1.165) is 19.4 Å². The highest BCUT2D eigenvalue weighted by atomic mass is 19.1. The van der Waals surface area contributed by atoms with Crippen LogP contribution in [0.3, 0.4) is 0 Å². The van der Waals surface area contributed by atoms with Gasteiger partial charge in [0.2, 0.25) is 0 Å². The minimum atomic E-state index is -0.444. The van der Waals surface area contributed by atoms with Gasteiger partial charge in [-0.15, -0.1) is 0 Å². The monoisotopic (exact) mass is 237 g/mol. The average molecular weight is 237 g/mol. The maximum Gasteiger partial charge on any atom is 0.127 e. The molecule has 1 aliphatic heterocycles. The minimum absolute atomic E-state index is 0.000949. The Hall–Kier alpha value is -0.930. The molecule has 0 saturated carbocycles. The molecule has 17 heavy (non-hydrogen) atoms. The van der Waals surface area contributed by atoms with Gasteiger partial charge in [0.1, 0.15) is 5.82 Å². The predicted molar refractivity (Wildman–Crippen MR) is 66.5 cm³/mol. The van der Waals surface area contributed by atoms with E-state index in [9.17, 15) is 9.50 Å². The first kappa shape index (κ1) is 12.5. The number of hydrogen-bond acceptors (Lipinski definition) is 2. The van der Waals surface area contributed by atoms with Crippen molar-refractivity contribution in [2.75, 3.05) is 13.2 Å². The third kappa shape index (κ3) is 2.35. The van der Waals surface area contributed by atoms with Crippen LogP contribution in [0.25, 0.3) is 0 Å². The maximum atomic E-state index is 13.9. The summed E-state index contributed by atoms with van der Waals surface area (Å²) in [6.45, 7) is 5.00. The lowest BCUT2D eigenvalue weighted by atomic mass is 9.68. The molecule has 2 N–H and O–H groups in total. The Balaban J connectivity index is 2.41. The number of aliphatic hydroxyl groups excluding tert-OH is 1. The summed E-state index contributed by atoms with van der Waals surface area (Å²) in [5.41, 5.74) is 0.140. The summed E-state index contributed by atoms with van der Waals surface area (Å²) in [5, 5.41) is 13.2. The van der Waals surface area contributed by atoms with Gasteiger partial charge in [-0.3, -0.25) is 0 Å². The van der Waals surface area contributed by atoms with E-state index >= 15 is 0 Å². The van der Waals surface area contributed by atoms with E-state index in [0.29, 0.717) is 5.56 Å². The average Bonchev–Trinajstić information content (AvgIpc) is 2.28. The van der Waals surface area contributed by atoms with Crippen LogP contribution in [0.2, 0.25) is 0 Å². The molecular weight excluding hydrogens is 217 g/mol. The number of benzene rings is 1. The molecule has 1 fully saturated rings. The van der Waals surface area contributed by atoms with Crippen molar-refractivity contribution in [1.29, 1.82) is 0 Å². The van der Waals surface area contributed by atoms with Crippen molar-refractivity contribution in [3.8, 4) is 0 Å². The van der Waals surface area contributed by atoms with E-state index in [4.69, 9.17) is 0 Å². The number of hydrogen-bond donors (Lipinski definition) is 2. The topological polar surface area (TPSA) is 32.3 Å². The van der Waals surface area contributed by atoms with Crippen molar-refractivity contribution in [1.82, 2.24) is 5.32 Å². The predicted octanol–water partition coefficient (Wildman–Crippen LogP) is 2.22. The van der Waals surface area contributed by atoms with Crippen molar-refractivity contribution in [3.05, 3.63) is 35.6 Å². The third-order valence-electron chi connectivity index (χ3n) is 3.74. The van der Waals surface area contributed by atoms with E-state index in [-0.39, 0.29) is 18.0 Å². The fourth-order valence-corrected chi connectivity index (χ4v) is 2.98. The smallest absolute Gasteiger partial charge is 0.127 e. The zero-order chi connectivity index (χ0) is 12.5. The Morgan fingerprint density at radius 2 is 2.06 bits per heavy atom.